The zero-order valence-electron chi connectivity index (χ0n) is 14.3. The van der Waals surface area contributed by atoms with Gasteiger partial charge < -0.3 is 19.8 Å². The Hall–Kier alpha value is -2.08. The molecule has 136 valence electrons. The molecular weight excluding hydrogens is 322 g/mol. The Bertz CT molecular complexity index is 612. The topological polar surface area (TPSA) is 87.1 Å². The smallest absolute Gasteiger partial charge is 0.410 e. The van der Waals surface area contributed by atoms with Gasteiger partial charge in [0.15, 0.2) is 5.60 Å². The molecule has 1 aliphatic heterocycles. The van der Waals surface area contributed by atoms with Gasteiger partial charge in [0.1, 0.15) is 6.61 Å². The van der Waals surface area contributed by atoms with Crippen molar-refractivity contribution in [1.29, 1.82) is 0 Å². The van der Waals surface area contributed by atoms with Gasteiger partial charge in [0.05, 0.1) is 0 Å². The third-order valence-electron chi connectivity index (χ3n) is 5.82. The number of benzene rings is 1. The summed E-state index contributed by atoms with van der Waals surface area (Å²) >= 11 is 0. The third-order valence-corrected chi connectivity index (χ3v) is 5.82. The van der Waals surface area contributed by atoms with Gasteiger partial charge in [-0.3, -0.25) is 0 Å². The summed E-state index contributed by atoms with van der Waals surface area (Å²) in [5, 5.41) is 19.2. The average molecular weight is 347 g/mol. The van der Waals surface area contributed by atoms with Crippen LogP contribution in [0.3, 0.4) is 0 Å². The molecule has 1 aromatic rings. The Morgan fingerprint density at radius 2 is 1.60 bits per heavy atom. The maximum atomic E-state index is 12.2. The zero-order chi connectivity index (χ0) is 17.9. The number of amides is 1. The fourth-order valence-electron chi connectivity index (χ4n) is 3.88. The van der Waals surface area contributed by atoms with E-state index in [4.69, 9.17) is 9.84 Å². The van der Waals surface area contributed by atoms with Crippen molar-refractivity contribution in [2.24, 2.45) is 5.41 Å². The van der Waals surface area contributed by atoms with Crippen LogP contribution >= 0.6 is 0 Å². The molecule has 2 fully saturated rings. The highest BCUT2D eigenvalue weighted by Gasteiger charge is 2.47. The van der Waals surface area contributed by atoms with Crippen LogP contribution in [0, 0.1) is 5.41 Å². The fraction of sp³-hybridized carbons (Fsp3) is 0.579. The minimum atomic E-state index is -1.57. The van der Waals surface area contributed by atoms with Crippen LogP contribution in [-0.4, -0.2) is 45.9 Å². The first-order valence-corrected chi connectivity index (χ1v) is 8.84. The van der Waals surface area contributed by atoms with Crippen LogP contribution in [0.25, 0.3) is 0 Å². The lowest BCUT2D eigenvalue weighted by atomic mass is 9.64. The Labute approximate surface area is 147 Å². The van der Waals surface area contributed by atoms with Crippen molar-refractivity contribution < 1.29 is 24.5 Å². The van der Waals surface area contributed by atoms with E-state index in [2.05, 4.69) is 0 Å². The number of hydrogen-bond donors (Lipinski definition) is 2. The SMILES string of the molecule is O=C(OCc1ccccc1)N1CCC2(CC1)CCC(O)(C(=O)O)CC2. The highest BCUT2D eigenvalue weighted by molar-refractivity contribution is 5.77. The number of likely N-dealkylation sites (tertiary alicyclic amines) is 1. The minimum absolute atomic E-state index is 0.0535. The number of carbonyl (C=O) groups is 2. The molecule has 0 bridgehead atoms. The molecule has 0 radical (unpaired) electrons. The largest absolute Gasteiger partial charge is 0.479 e. The van der Waals surface area contributed by atoms with Crippen LogP contribution in [0.15, 0.2) is 30.3 Å². The van der Waals surface area contributed by atoms with Crippen LogP contribution in [0.1, 0.15) is 44.1 Å². The van der Waals surface area contributed by atoms with Crippen LogP contribution < -0.4 is 0 Å². The Morgan fingerprint density at radius 1 is 1.00 bits per heavy atom. The molecule has 25 heavy (non-hydrogen) atoms. The molecule has 2 N–H and O–H groups in total. The molecule has 1 spiro atoms. The second-order valence-corrected chi connectivity index (χ2v) is 7.36. The standard InChI is InChI=1S/C19H25NO5/c21-16(22)19(24)8-6-18(7-9-19)10-12-20(13-11-18)17(23)25-14-15-4-2-1-3-5-15/h1-5,24H,6-14H2,(H,21,22). The van der Waals surface area contributed by atoms with Crippen molar-refractivity contribution in [2.45, 2.75) is 50.7 Å². The number of carboxylic acid groups (broad SMARTS) is 1. The van der Waals surface area contributed by atoms with Crippen molar-refractivity contribution in [2.75, 3.05) is 13.1 Å². The Morgan fingerprint density at radius 3 is 2.16 bits per heavy atom. The van der Waals surface area contributed by atoms with Gasteiger partial charge in [-0.1, -0.05) is 30.3 Å². The lowest BCUT2D eigenvalue weighted by molar-refractivity contribution is -0.165. The summed E-state index contributed by atoms with van der Waals surface area (Å²) in [4.78, 5) is 25.1. The molecule has 0 unspecified atom stereocenters. The number of piperidine rings is 1. The molecule has 1 aliphatic carbocycles. The van der Waals surface area contributed by atoms with Crippen molar-refractivity contribution in [3.05, 3.63) is 35.9 Å². The molecule has 1 amide bonds. The molecule has 0 aromatic heterocycles. The van der Waals surface area contributed by atoms with Gasteiger partial charge >= 0.3 is 12.1 Å². The number of nitrogens with zero attached hydrogens (tertiary/aromatic N) is 1. The molecule has 1 saturated heterocycles. The Kier molecular flexibility index (Phi) is 4.99. The average Bonchev–Trinajstić information content (AvgIpc) is 2.64. The van der Waals surface area contributed by atoms with E-state index in [0.29, 0.717) is 38.8 Å². The summed E-state index contributed by atoms with van der Waals surface area (Å²) < 4.78 is 5.38. The van der Waals surface area contributed by atoms with Gasteiger partial charge in [0.25, 0.3) is 0 Å². The quantitative estimate of drug-likeness (QED) is 0.878. The fourth-order valence-corrected chi connectivity index (χ4v) is 3.88. The van der Waals surface area contributed by atoms with Gasteiger partial charge in [0, 0.05) is 13.1 Å². The van der Waals surface area contributed by atoms with Crippen molar-refractivity contribution in [3.63, 3.8) is 0 Å². The van der Waals surface area contributed by atoms with E-state index < -0.39 is 11.6 Å². The zero-order valence-corrected chi connectivity index (χ0v) is 14.3. The van der Waals surface area contributed by atoms with Crippen LogP contribution in [0.5, 0.6) is 0 Å². The number of rotatable bonds is 3. The van der Waals surface area contributed by atoms with Crippen LogP contribution in [0.2, 0.25) is 0 Å². The number of aliphatic hydroxyl groups is 1. The number of ether oxygens (including phenoxy) is 1. The van der Waals surface area contributed by atoms with Crippen molar-refractivity contribution in [3.8, 4) is 0 Å². The van der Waals surface area contributed by atoms with E-state index in [1.54, 1.807) is 4.90 Å². The molecule has 0 atom stereocenters. The van der Waals surface area contributed by atoms with Crippen molar-refractivity contribution >= 4 is 12.1 Å². The predicted octanol–water partition coefficient (Wildman–Crippen LogP) is 2.80. The Balaban J connectivity index is 1.47. The van der Waals surface area contributed by atoms with Gasteiger partial charge in [0.2, 0.25) is 0 Å². The summed E-state index contributed by atoms with van der Waals surface area (Å²) in [6, 6.07) is 9.59. The number of aliphatic carboxylic acids is 1. The number of carbonyl (C=O) groups excluding carboxylic acids is 1. The van der Waals surface area contributed by atoms with Gasteiger partial charge in [-0.25, -0.2) is 9.59 Å². The molecule has 3 rings (SSSR count). The number of carboxylic acids is 1. The van der Waals surface area contributed by atoms with E-state index >= 15 is 0 Å². The first kappa shape index (κ1) is 17.7. The molecular formula is C19H25NO5. The maximum absolute atomic E-state index is 12.2. The highest BCUT2D eigenvalue weighted by atomic mass is 16.6. The van der Waals surface area contributed by atoms with Crippen molar-refractivity contribution in [1.82, 2.24) is 4.90 Å². The molecule has 6 nitrogen and oxygen atoms in total. The minimum Gasteiger partial charge on any atom is -0.479 e. The van der Waals surface area contributed by atoms with Gasteiger partial charge in [-0.05, 0) is 49.5 Å². The van der Waals surface area contributed by atoms with Crippen LogP contribution in [0.4, 0.5) is 4.79 Å². The molecule has 1 heterocycles. The van der Waals surface area contributed by atoms with E-state index in [1.165, 1.54) is 0 Å². The molecule has 6 heteroatoms. The summed E-state index contributed by atoms with van der Waals surface area (Å²) in [5.74, 6) is -1.12. The predicted molar refractivity (Wildman–Crippen MR) is 90.9 cm³/mol. The van der Waals surface area contributed by atoms with E-state index in [0.717, 1.165) is 18.4 Å². The van der Waals surface area contributed by atoms with E-state index in [-0.39, 0.29) is 18.1 Å². The first-order chi connectivity index (χ1) is 11.9. The van der Waals surface area contributed by atoms with E-state index in [9.17, 15) is 14.7 Å². The van der Waals surface area contributed by atoms with Gasteiger partial charge in [-0.15, -0.1) is 0 Å². The summed E-state index contributed by atoms with van der Waals surface area (Å²) in [6.07, 6.45) is 3.36. The second-order valence-electron chi connectivity index (χ2n) is 7.36. The van der Waals surface area contributed by atoms with Gasteiger partial charge in [-0.2, -0.15) is 0 Å². The molecule has 1 aromatic carbocycles. The lowest BCUT2D eigenvalue weighted by Gasteiger charge is -2.46. The third kappa shape index (κ3) is 3.95. The molecule has 1 saturated carbocycles. The normalized spacial score (nSPS) is 21.7. The van der Waals surface area contributed by atoms with E-state index in [1.807, 2.05) is 30.3 Å². The monoisotopic (exact) mass is 347 g/mol. The van der Waals surface area contributed by atoms with Crippen LogP contribution in [-0.2, 0) is 16.1 Å². The summed E-state index contributed by atoms with van der Waals surface area (Å²) in [5.41, 5.74) is -0.556. The summed E-state index contributed by atoms with van der Waals surface area (Å²) in [7, 11) is 0. The summed E-state index contributed by atoms with van der Waals surface area (Å²) in [6.45, 7) is 1.52. The lowest BCUT2D eigenvalue weighted by Crippen LogP contribution is -2.49. The first-order valence-electron chi connectivity index (χ1n) is 8.84. The molecule has 2 aliphatic rings. The second kappa shape index (κ2) is 7.04. The highest BCUT2D eigenvalue weighted by Crippen LogP contribution is 2.47. The maximum Gasteiger partial charge on any atom is 0.410 e. The number of hydrogen-bond acceptors (Lipinski definition) is 4.